The van der Waals surface area contributed by atoms with Crippen LogP contribution >= 0.6 is 0 Å². The Morgan fingerprint density at radius 1 is 1.30 bits per heavy atom. The van der Waals surface area contributed by atoms with Crippen molar-refractivity contribution in [2.24, 2.45) is 0 Å². The van der Waals surface area contributed by atoms with Gasteiger partial charge in [-0.05, 0) is 37.6 Å². The van der Waals surface area contributed by atoms with Crippen molar-refractivity contribution in [3.63, 3.8) is 0 Å². The van der Waals surface area contributed by atoms with E-state index >= 15 is 0 Å². The molecule has 2 atom stereocenters. The van der Waals surface area contributed by atoms with Gasteiger partial charge >= 0.3 is 0 Å². The van der Waals surface area contributed by atoms with Crippen molar-refractivity contribution in [1.29, 1.82) is 0 Å². The Kier molecular flexibility index (Phi) is 6.71. The van der Waals surface area contributed by atoms with E-state index in [4.69, 9.17) is 14.5 Å². The minimum atomic E-state index is -1.04. The Morgan fingerprint density at radius 2 is 2.09 bits per heavy atom. The van der Waals surface area contributed by atoms with Gasteiger partial charge in [-0.25, -0.2) is 9.97 Å². The molecular weight excluding hydrogens is 422 g/mol. The standard InChI is InChI=1S/C24H29N5O4/c1-15-11-17(5-6-21(15)28(3)4)19-12-20-22(26-8-7-25-20)23(27-19)33-14-18-13-29(9-10-32-18)24(31)16(2)30/h5-8,11-12,16,18,30H,9-10,13-14H2,1-4H3/t16-,18+/m1/s1. The topological polar surface area (TPSA) is 101 Å². The fraction of sp³-hybridized carbons (Fsp3) is 0.417. The number of aliphatic hydroxyl groups excluding tert-OH is 1. The maximum atomic E-state index is 12.1. The molecule has 9 heteroatoms. The van der Waals surface area contributed by atoms with Crippen molar-refractivity contribution in [2.45, 2.75) is 26.1 Å². The highest BCUT2D eigenvalue weighted by atomic mass is 16.5. The number of hydrogen-bond donors (Lipinski definition) is 1. The predicted octanol–water partition coefficient (Wildman–Crippen LogP) is 2.05. The molecule has 0 unspecified atom stereocenters. The van der Waals surface area contributed by atoms with Gasteiger partial charge in [0.1, 0.15) is 18.8 Å². The van der Waals surface area contributed by atoms with Gasteiger partial charge in [0.15, 0.2) is 5.52 Å². The molecule has 9 nitrogen and oxygen atoms in total. The number of aromatic nitrogens is 3. The lowest BCUT2D eigenvalue weighted by Gasteiger charge is -2.33. The van der Waals surface area contributed by atoms with Crippen LogP contribution in [0.2, 0.25) is 0 Å². The molecule has 0 radical (unpaired) electrons. The number of carbonyl (C=O) groups is 1. The number of anilines is 1. The molecule has 1 aliphatic rings. The first-order valence-corrected chi connectivity index (χ1v) is 10.9. The number of hydrogen-bond acceptors (Lipinski definition) is 8. The number of rotatable bonds is 6. The van der Waals surface area contributed by atoms with Gasteiger partial charge < -0.3 is 24.4 Å². The molecule has 1 fully saturated rings. The van der Waals surface area contributed by atoms with Crippen molar-refractivity contribution < 1.29 is 19.4 Å². The molecule has 174 valence electrons. The molecule has 3 heterocycles. The molecule has 1 aliphatic heterocycles. The van der Waals surface area contributed by atoms with E-state index in [1.165, 1.54) is 6.92 Å². The monoisotopic (exact) mass is 451 g/mol. The summed E-state index contributed by atoms with van der Waals surface area (Å²) in [5.74, 6) is 0.0591. The summed E-state index contributed by atoms with van der Waals surface area (Å²) in [5, 5.41) is 9.60. The van der Waals surface area contributed by atoms with E-state index in [1.54, 1.807) is 17.3 Å². The highest BCUT2D eigenvalue weighted by Gasteiger charge is 2.27. The van der Waals surface area contributed by atoms with E-state index in [0.717, 1.165) is 22.5 Å². The summed E-state index contributed by atoms with van der Waals surface area (Å²) in [6.07, 6.45) is 1.87. The number of pyridine rings is 1. The zero-order chi connectivity index (χ0) is 23.5. The van der Waals surface area contributed by atoms with Crippen LogP contribution in [-0.2, 0) is 9.53 Å². The molecule has 1 amide bonds. The Labute approximate surface area is 193 Å². The summed E-state index contributed by atoms with van der Waals surface area (Å²) < 4.78 is 11.8. The molecule has 1 aromatic carbocycles. The third-order valence-corrected chi connectivity index (χ3v) is 5.61. The molecule has 0 aliphatic carbocycles. The summed E-state index contributed by atoms with van der Waals surface area (Å²) in [6, 6.07) is 8.09. The largest absolute Gasteiger partial charge is 0.473 e. The summed E-state index contributed by atoms with van der Waals surface area (Å²) in [7, 11) is 4.03. The normalized spacial score (nSPS) is 17.1. The summed E-state index contributed by atoms with van der Waals surface area (Å²) in [4.78, 5) is 29.4. The quantitative estimate of drug-likeness (QED) is 0.608. The van der Waals surface area contributed by atoms with E-state index in [2.05, 4.69) is 33.9 Å². The van der Waals surface area contributed by atoms with Gasteiger partial charge in [-0.3, -0.25) is 9.78 Å². The van der Waals surface area contributed by atoms with Crippen LogP contribution in [0, 0.1) is 6.92 Å². The van der Waals surface area contributed by atoms with Crippen LogP contribution in [0.1, 0.15) is 12.5 Å². The fourth-order valence-electron chi connectivity index (χ4n) is 3.96. The predicted molar refractivity (Wildman–Crippen MR) is 125 cm³/mol. The molecule has 4 rings (SSSR count). The third kappa shape index (κ3) is 5.04. The number of amides is 1. The van der Waals surface area contributed by atoms with Crippen LogP contribution in [-0.4, -0.2) is 83.5 Å². The second kappa shape index (κ2) is 9.68. The lowest BCUT2D eigenvalue weighted by Crippen LogP contribution is -2.50. The second-order valence-electron chi connectivity index (χ2n) is 8.40. The molecule has 1 N–H and O–H groups in total. The summed E-state index contributed by atoms with van der Waals surface area (Å²) >= 11 is 0. The minimum Gasteiger partial charge on any atom is -0.473 e. The molecule has 0 spiro atoms. The van der Waals surface area contributed by atoms with Gasteiger partial charge in [-0.1, -0.05) is 6.07 Å². The second-order valence-corrected chi connectivity index (χ2v) is 8.40. The van der Waals surface area contributed by atoms with E-state index in [1.807, 2.05) is 26.2 Å². The van der Waals surface area contributed by atoms with Crippen LogP contribution in [0.4, 0.5) is 5.69 Å². The number of carbonyl (C=O) groups excluding carboxylic acids is 1. The first kappa shape index (κ1) is 22.9. The molecule has 1 saturated heterocycles. The van der Waals surface area contributed by atoms with E-state index < -0.39 is 6.10 Å². The number of fused-ring (bicyclic) bond motifs is 1. The van der Waals surface area contributed by atoms with Crippen molar-refractivity contribution >= 4 is 22.6 Å². The van der Waals surface area contributed by atoms with Crippen molar-refractivity contribution in [2.75, 3.05) is 45.3 Å². The fourth-order valence-corrected chi connectivity index (χ4v) is 3.96. The lowest BCUT2D eigenvalue weighted by molar-refractivity contribution is -0.147. The summed E-state index contributed by atoms with van der Waals surface area (Å²) in [5.41, 5.74) is 5.22. The molecule has 0 bridgehead atoms. The number of benzene rings is 1. The van der Waals surface area contributed by atoms with Gasteiger partial charge in [0, 0.05) is 44.3 Å². The van der Waals surface area contributed by atoms with E-state index in [9.17, 15) is 9.90 Å². The Balaban J connectivity index is 1.59. The number of nitrogens with zero attached hydrogens (tertiary/aromatic N) is 5. The Hall–Kier alpha value is -3.30. The van der Waals surface area contributed by atoms with Crippen LogP contribution < -0.4 is 9.64 Å². The van der Waals surface area contributed by atoms with Crippen LogP contribution in [0.25, 0.3) is 22.3 Å². The maximum Gasteiger partial charge on any atom is 0.251 e. The lowest BCUT2D eigenvalue weighted by atomic mass is 10.1. The average Bonchev–Trinajstić information content (AvgIpc) is 2.81. The number of morpholine rings is 1. The van der Waals surface area contributed by atoms with Gasteiger partial charge in [-0.2, -0.15) is 0 Å². The zero-order valence-corrected chi connectivity index (χ0v) is 19.4. The average molecular weight is 452 g/mol. The Bertz CT molecular complexity index is 1150. The highest BCUT2D eigenvalue weighted by Crippen LogP contribution is 2.30. The molecule has 0 saturated carbocycles. The van der Waals surface area contributed by atoms with Crippen LogP contribution in [0.5, 0.6) is 5.88 Å². The molecule has 33 heavy (non-hydrogen) atoms. The van der Waals surface area contributed by atoms with Crippen molar-refractivity contribution in [3.8, 4) is 17.1 Å². The summed E-state index contributed by atoms with van der Waals surface area (Å²) in [6.45, 7) is 4.92. The smallest absolute Gasteiger partial charge is 0.251 e. The van der Waals surface area contributed by atoms with Gasteiger partial charge in [0.2, 0.25) is 5.88 Å². The molecular formula is C24H29N5O4. The van der Waals surface area contributed by atoms with E-state index in [-0.39, 0.29) is 18.6 Å². The Morgan fingerprint density at radius 3 is 2.82 bits per heavy atom. The molecule has 3 aromatic rings. The first-order valence-electron chi connectivity index (χ1n) is 10.9. The SMILES string of the molecule is Cc1cc(-c2cc3nccnc3c(OC[C@@H]3CN(C(=O)[C@@H](C)O)CCO3)n2)ccc1N(C)C. The maximum absolute atomic E-state index is 12.1. The van der Waals surface area contributed by atoms with E-state index in [0.29, 0.717) is 36.6 Å². The van der Waals surface area contributed by atoms with Crippen LogP contribution in [0.3, 0.4) is 0 Å². The zero-order valence-electron chi connectivity index (χ0n) is 19.4. The van der Waals surface area contributed by atoms with Gasteiger partial charge in [0.25, 0.3) is 5.91 Å². The van der Waals surface area contributed by atoms with Crippen molar-refractivity contribution in [3.05, 3.63) is 42.2 Å². The van der Waals surface area contributed by atoms with Gasteiger partial charge in [-0.15, -0.1) is 0 Å². The first-order chi connectivity index (χ1) is 15.8. The highest BCUT2D eigenvalue weighted by molar-refractivity contribution is 5.84. The number of aliphatic hydroxyl groups is 1. The third-order valence-electron chi connectivity index (χ3n) is 5.61. The minimum absolute atomic E-state index is 0.199. The molecule has 2 aromatic heterocycles. The number of aryl methyl sites for hydroxylation is 1. The number of ether oxygens (including phenoxy) is 2. The van der Waals surface area contributed by atoms with Crippen molar-refractivity contribution in [1.82, 2.24) is 19.9 Å². The van der Waals surface area contributed by atoms with Crippen LogP contribution in [0.15, 0.2) is 36.7 Å². The van der Waals surface area contributed by atoms with Gasteiger partial charge in [0.05, 0.1) is 24.4 Å².